The highest BCUT2D eigenvalue weighted by atomic mass is 35.5. The van der Waals surface area contributed by atoms with Crippen LogP contribution in [0.4, 0.5) is 0 Å². The van der Waals surface area contributed by atoms with Crippen molar-refractivity contribution in [2.45, 2.75) is 26.8 Å². The van der Waals surface area contributed by atoms with Crippen molar-refractivity contribution in [3.8, 4) is 17.6 Å². The van der Waals surface area contributed by atoms with E-state index in [9.17, 15) is 14.9 Å². The highest BCUT2D eigenvalue weighted by Crippen LogP contribution is 2.37. The van der Waals surface area contributed by atoms with Gasteiger partial charge in [0.2, 0.25) is 0 Å². The molecule has 1 aliphatic heterocycles. The van der Waals surface area contributed by atoms with E-state index in [1.807, 2.05) is 26.0 Å². The Labute approximate surface area is 184 Å². The zero-order chi connectivity index (χ0) is 22.1. The Kier molecular flexibility index (Phi) is 5.53. The number of aryl methyl sites for hydroxylation is 2. The molecule has 0 saturated carbocycles. The molecule has 0 bridgehead atoms. The number of rotatable bonds is 4. The molecule has 1 aliphatic rings. The number of aromatic amines is 1. The molecule has 0 unspecified atom stereocenters. The lowest BCUT2D eigenvalue weighted by Crippen LogP contribution is -2.39. The van der Waals surface area contributed by atoms with Crippen LogP contribution in [0, 0.1) is 25.2 Å². The molecule has 3 aromatic rings. The monoisotopic (exact) mass is 433 g/mol. The molecule has 2 heterocycles. The summed E-state index contributed by atoms with van der Waals surface area (Å²) < 4.78 is 5.87. The van der Waals surface area contributed by atoms with Crippen molar-refractivity contribution >= 4 is 17.5 Å². The number of hydrogen-bond donors (Lipinski definition) is 1. The van der Waals surface area contributed by atoms with Crippen LogP contribution in [0.2, 0.25) is 5.02 Å². The van der Waals surface area contributed by atoms with Gasteiger partial charge in [0.15, 0.2) is 0 Å². The highest BCUT2D eigenvalue weighted by Gasteiger charge is 2.29. The van der Waals surface area contributed by atoms with Gasteiger partial charge in [-0.05, 0) is 55.7 Å². The number of carbonyl (C=O) groups excluding carboxylic acids is 1. The average Bonchev–Trinajstić information content (AvgIpc) is 2.74. The van der Waals surface area contributed by atoms with E-state index in [0.29, 0.717) is 41.2 Å². The van der Waals surface area contributed by atoms with Gasteiger partial charge in [0.05, 0.1) is 22.7 Å². The second-order valence-corrected chi connectivity index (χ2v) is 7.92. The lowest BCUT2D eigenvalue weighted by Gasteiger charge is -2.30. The second kappa shape index (κ2) is 8.29. The minimum atomic E-state index is -0.246. The van der Waals surface area contributed by atoms with Gasteiger partial charge in [-0.15, -0.1) is 0 Å². The van der Waals surface area contributed by atoms with Crippen molar-refractivity contribution < 1.29 is 9.53 Å². The Hall–Kier alpha value is -3.56. The number of amides is 1. The van der Waals surface area contributed by atoms with Crippen LogP contribution in [0.5, 0.6) is 11.5 Å². The molecule has 0 saturated heterocycles. The number of halogens is 1. The molecule has 7 heteroatoms. The Morgan fingerprint density at radius 1 is 1.16 bits per heavy atom. The van der Waals surface area contributed by atoms with Gasteiger partial charge in [-0.2, -0.15) is 5.26 Å². The fourth-order valence-corrected chi connectivity index (χ4v) is 4.12. The number of nitrogens with one attached hydrogen (secondary N) is 1. The fraction of sp³-hybridized carbons (Fsp3) is 0.208. The van der Waals surface area contributed by atoms with Crippen molar-refractivity contribution in [1.82, 2.24) is 9.88 Å². The molecule has 0 aliphatic carbocycles. The van der Waals surface area contributed by atoms with Gasteiger partial charge < -0.3 is 14.6 Å². The molecule has 2 aromatic carbocycles. The number of nitrogens with zero attached hydrogens (tertiary/aromatic N) is 2. The first-order valence-corrected chi connectivity index (χ1v) is 10.2. The van der Waals surface area contributed by atoms with Crippen LogP contribution in [0.25, 0.3) is 0 Å². The first-order chi connectivity index (χ1) is 14.9. The van der Waals surface area contributed by atoms with Gasteiger partial charge >= 0.3 is 0 Å². The number of carbonyl (C=O) groups is 1. The first kappa shape index (κ1) is 20.7. The minimum Gasteiger partial charge on any atom is -0.454 e. The lowest BCUT2D eigenvalue weighted by atomic mass is 9.97. The Morgan fingerprint density at radius 2 is 1.94 bits per heavy atom. The molecule has 31 heavy (non-hydrogen) atoms. The maximum absolute atomic E-state index is 13.3. The predicted molar refractivity (Wildman–Crippen MR) is 118 cm³/mol. The van der Waals surface area contributed by atoms with Gasteiger partial charge in [-0.1, -0.05) is 29.8 Å². The van der Waals surface area contributed by atoms with E-state index < -0.39 is 0 Å². The van der Waals surface area contributed by atoms with Crippen LogP contribution < -0.4 is 10.3 Å². The van der Waals surface area contributed by atoms with Crippen LogP contribution in [0.15, 0.2) is 47.3 Å². The standard InChI is InChI=1S/C24H20ClN3O3/c1-14-11-15(2)27-23(29)18(14)13-28-10-9-16-7-8-20(22(25)21(16)24(28)30)31-19-6-4-3-5-17(19)12-26/h3-8,11H,9-10,13H2,1-2H3,(H,27,29). The number of nitriles is 1. The number of H-pyrrole nitrogens is 1. The molecular formula is C24H20ClN3O3. The Morgan fingerprint density at radius 3 is 2.68 bits per heavy atom. The Balaban J connectivity index is 1.66. The van der Waals surface area contributed by atoms with Crippen LogP contribution in [0.1, 0.15) is 38.3 Å². The van der Waals surface area contributed by atoms with Gasteiger partial charge in [-0.3, -0.25) is 9.59 Å². The Bertz CT molecular complexity index is 1290. The van der Waals surface area contributed by atoms with E-state index in [-0.39, 0.29) is 23.0 Å². The third-order valence-electron chi connectivity index (χ3n) is 5.42. The number of fused-ring (bicyclic) bond motifs is 1. The molecule has 1 amide bonds. The van der Waals surface area contributed by atoms with E-state index in [2.05, 4.69) is 11.1 Å². The van der Waals surface area contributed by atoms with Gasteiger partial charge in [0, 0.05) is 17.8 Å². The highest BCUT2D eigenvalue weighted by molar-refractivity contribution is 6.35. The number of benzene rings is 2. The van der Waals surface area contributed by atoms with Crippen LogP contribution in [0.3, 0.4) is 0 Å². The third kappa shape index (κ3) is 3.92. The maximum Gasteiger partial charge on any atom is 0.256 e. The molecule has 1 N–H and O–H groups in total. The largest absolute Gasteiger partial charge is 0.454 e. The average molecular weight is 434 g/mol. The second-order valence-electron chi connectivity index (χ2n) is 7.54. The van der Waals surface area contributed by atoms with E-state index >= 15 is 0 Å². The smallest absolute Gasteiger partial charge is 0.256 e. The molecule has 6 nitrogen and oxygen atoms in total. The zero-order valence-corrected chi connectivity index (χ0v) is 17.9. The lowest BCUT2D eigenvalue weighted by molar-refractivity contribution is 0.0726. The predicted octanol–water partition coefficient (Wildman–Crippen LogP) is 4.51. The van der Waals surface area contributed by atoms with E-state index in [4.69, 9.17) is 16.3 Å². The summed E-state index contributed by atoms with van der Waals surface area (Å²) in [6, 6.07) is 14.3. The van der Waals surface area contributed by atoms with Crippen molar-refractivity contribution in [2.75, 3.05) is 6.54 Å². The molecule has 0 fully saturated rings. The van der Waals surface area contributed by atoms with Gasteiger partial charge in [0.1, 0.15) is 17.6 Å². The molecule has 1 aromatic heterocycles. The van der Waals surface area contributed by atoms with Crippen LogP contribution in [-0.4, -0.2) is 22.3 Å². The maximum atomic E-state index is 13.3. The molecule has 4 rings (SSSR count). The summed E-state index contributed by atoms with van der Waals surface area (Å²) in [7, 11) is 0. The van der Waals surface area contributed by atoms with Crippen LogP contribution in [-0.2, 0) is 13.0 Å². The fourth-order valence-electron chi connectivity index (χ4n) is 3.82. The summed E-state index contributed by atoms with van der Waals surface area (Å²) in [6.45, 7) is 4.39. The summed E-state index contributed by atoms with van der Waals surface area (Å²) in [5.74, 6) is 0.432. The summed E-state index contributed by atoms with van der Waals surface area (Å²) in [6.07, 6.45) is 0.624. The molecule has 0 spiro atoms. The van der Waals surface area contributed by atoms with Crippen molar-refractivity contribution in [3.05, 3.63) is 91.4 Å². The van der Waals surface area contributed by atoms with E-state index in [1.165, 1.54) is 0 Å². The van der Waals surface area contributed by atoms with Gasteiger partial charge in [0.25, 0.3) is 11.5 Å². The number of pyridine rings is 1. The third-order valence-corrected chi connectivity index (χ3v) is 5.79. The normalized spacial score (nSPS) is 13.0. The molecule has 0 atom stereocenters. The molecule has 156 valence electrons. The summed E-state index contributed by atoms with van der Waals surface area (Å²) >= 11 is 6.60. The summed E-state index contributed by atoms with van der Waals surface area (Å²) in [5, 5.41) is 9.49. The first-order valence-electron chi connectivity index (χ1n) is 9.86. The summed E-state index contributed by atoms with van der Waals surface area (Å²) in [5.41, 5.74) is 3.59. The topological polar surface area (TPSA) is 86.2 Å². The zero-order valence-electron chi connectivity index (χ0n) is 17.2. The summed E-state index contributed by atoms with van der Waals surface area (Å²) in [4.78, 5) is 30.1. The van der Waals surface area contributed by atoms with Crippen molar-refractivity contribution in [2.24, 2.45) is 0 Å². The van der Waals surface area contributed by atoms with Crippen LogP contribution >= 0.6 is 11.6 Å². The quantitative estimate of drug-likeness (QED) is 0.656. The number of para-hydroxylation sites is 1. The van der Waals surface area contributed by atoms with E-state index in [0.717, 1.165) is 16.8 Å². The molecular weight excluding hydrogens is 414 g/mol. The molecule has 0 radical (unpaired) electrons. The SMILES string of the molecule is Cc1cc(C)c(CN2CCc3ccc(Oc4ccccc4C#N)c(Cl)c3C2=O)c(=O)[nH]1. The number of aromatic nitrogens is 1. The minimum absolute atomic E-state index is 0.188. The van der Waals surface area contributed by atoms with Gasteiger partial charge in [-0.25, -0.2) is 0 Å². The van der Waals surface area contributed by atoms with E-state index in [1.54, 1.807) is 35.2 Å². The van der Waals surface area contributed by atoms with Crippen molar-refractivity contribution in [1.29, 1.82) is 5.26 Å². The number of ether oxygens (including phenoxy) is 1. The number of hydrogen-bond acceptors (Lipinski definition) is 4. The van der Waals surface area contributed by atoms with Crippen molar-refractivity contribution in [3.63, 3.8) is 0 Å².